The van der Waals surface area contributed by atoms with Crippen molar-refractivity contribution in [1.82, 2.24) is 0 Å². The van der Waals surface area contributed by atoms with Gasteiger partial charge < -0.3 is 24.8 Å². The monoisotopic (exact) mass is 231 g/mol. The fraction of sp³-hybridized carbons (Fsp3) is 0.900. The van der Waals surface area contributed by atoms with Crippen molar-refractivity contribution in [2.75, 3.05) is 13.7 Å². The van der Waals surface area contributed by atoms with Crippen molar-refractivity contribution >= 4 is 0 Å². The van der Waals surface area contributed by atoms with Crippen LogP contribution < -0.4 is 0 Å². The van der Waals surface area contributed by atoms with E-state index in [0.717, 1.165) is 0 Å². The second-order valence-corrected chi connectivity index (χ2v) is 3.92. The normalized spacial score (nSPS) is 41.4. The van der Waals surface area contributed by atoms with Crippen molar-refractivity contribution < 1.29 is 24.8 Å². The number of aliphatic hydroxyl groups excluding tert-OH is 3. The molecular weight excluding hydrogens is 214 g/mol. The third-order valence-electron chi connectivity index (χ3n) is 2.87. The van der Waals surface area contributed by atoms with Gasteiger partial charge in [0, 0.05) is 7.11 Å². The van der Waals surface area contributed by atoms with E-state index >= 15 is 0 Å². The zero-order valence-electron chi connectivity index (χ0n) is 9.28. The minimum Gasteiger partial charge on any atom is -0.394 e. The van der Waals surface area contributed by atoms with E-state index in [-0.39, 0.29) is 6.61 Å². The summed E-state index contributed by atoms with van der Waals surface area (Å²) >= 11 is 0. The van der Waals surface area contributed by atoms with Crippen LogP contribution in [0, 0.1) is 17.2 Å². The lowest BCUT2D eigenvalue weighted by atomic mass is 9.89. The molecule has 16 heavy (non-hydrogen) atoms. The van der Waals surface area contributed by atoms with Crippen molar-refractivity contribution in [2.45, 2.75) is 37.4 Å². The van der Waals surface area contributed by atoms with E-state index in [2.05, 4.69) is 0 Å². The number of methoxy groups -OCH3 is 1. The Labute approximate surface area is 94.0 Å². The van der Waals surface area contributed by atoms with Gasteiger partial charge in [0.1, 0.15) is 30.5 Å². The highest BCUT2D eigenvalue weighted by atomic mass is 16.6. The maximum atomic E-state index is 9.78. The summed E-state index contributed by atoms with van der Waals surface area (Å²) in [5.74, 6) is -0.573. The van der Waals surface area contributed by atoms with Gasteiger partial charge in [-0.25, -0.2) is 0 Å². The van der Waals surface area contributed by atoms with Crippen molar-refractivity contribution in [1.29, 1.82) is 5.26 Å². The van der Waals surface area contributed by atoms with Gasteiger partial charge in [0.2, 0.25) is 0 Å². The molecule has 0 amide bonds. The first-order chi connectivity index (χ1) is 7.56. The summed E-state index contributed by atoms with van der Waals surface area (Å²) in [4.78, 5) is 0. The van der Waals surface area contributed by atoms with E-state index in [1.807, 2.05) is 6.07 Å². The topological polar surface area (TPSA) is 103 Å². The van der Waals surface area contributed by atoms with Crippen LogP contribution in [0.3, 0.4) is 0 Å². The highest BCUT2D eigenvalue weighted by Crippen LogP contribution is 2.26. The molecule has 0 spiro atoms. The summed E-state index contributed by atoms with van der Waals surface area (Å²) in [5.41, 5.74) is 0. The van der Waals surface area contributed by atoms with Crippen LogP contribution in [0.15, 0.2) is 0 Å². The zero-order chi connectivity index (χ0) is 12.3. The molecule has 0 bridgehead atoms. The van der Waals surface area contributed by atoms with Crippen LogP contribution >= 0.6 is 0 Å². The first-order valence-electron chi connectivity index (χ1n) is 5.11. The zero-order valence-corrected chi connectivity index (χ0v) is 9.28. The van der Waals surface area contributed by atoms with Crippen molar-refractivity contribution in [2.24, 2.45) is 5.92 Å². The van der Waals surface area contributed by atoms with Gasteiger partial charge in [-0.05, 0) is 6.92 Å². The van der Waals surface area contributed by atoms with Crippen LogP contribution in [0.5, 0.6) is 0 Å². The lowest BCUT2D eigenvalue weighted by Gasteiger charge is -2.42. The van der Waals surface area contributed by atoms with Gasteiger partial charge in [0.25, 0.3) is 0 Å². The number of aliphatic hydroxyl groups is 3. The van der Waals surface area contributed by atoms with E-state index in [1.54, 1.807) is 6.92 Å². The first-order valence-corrected chi connectivity index (χ1v) is 5.11. The van der Waals surface area contributed by atoms with Crippen LogP contribution in [-0.2, 0) is 9.47 Å². The van der Waals surface area contributed by atoms with Gasteiger partial charge in [-0.1, -0.05) is 0 Å². The summed E-state index contributed by atoms with van der Waals surface area (Å²) in [5, 5.41) is 37.4. The Morgan fingerprint density at radius 1 is 1.44 bits per heavy atom. The van der Waals surface area contributed by atoms with Crippen molar-refractivity contribution in [3.63, 3.8) is 0 Å². The molecule has 6 atom stereocenters. The molecule has 0 saturated carbocycles. The molecule has 1 rings (SSSR count). The molecule has 0 aromatic heterocycles. The van der Waals surface area contributed by atoms with Gasteiger partial charge >= 0.3 is 0 Å². The molecule has 1 saturated heterocycles. The Morgan fingerprint density at radius 2 is 2.06 bits per heavy atom. The molecule has 0 aromatic carbocycles. The Morgan fingerprint density at radius 3 is 2.50 bits per heavy atom. The molecule has 3 N–H and O–H groups in total. The van der Waals surface area contributed by atoms with E-state index in [9.17, 15) is 10.2 Å². The van der Waals surface area contributed by atoms with Crippen LogP contribution in [0.4, 0.5) is 0 Å². The summed E-state index contributed by atoms with van der Waals surface area (Å²) in [7, 11) is 1.36. The van der Waals surface area contributed by atoms with Gasteiger partial charge in [0.15, 0.2) is 0 Å². The summed E-state index contributed by atoms with van der Waals surface area (Å²) in [6, 6.07) is 1.94. The lowest BCUT2D eigenvalue weighted by Crippen LogP contribution is -2.60. The van der Waals surface area contributed by atoms with Crippen LogP contribution in [0.1, 0.15) is 6.92 Å². The van der Waals surface area contributed by atoms with Crippen LogP contribution in [0.2, 0.25) is 0 Å². The third kappa shape index (κ3) is 2.34. The minimum atomic E-state index is -1.19. The molecule has 92 valence electrons. The molecule has 1 fully saturated rings. The SMILES string of the molecule is COC1C(CO)OC(C(C)C#N)C(O)C1O. The number of nitrogens with zero attached hydrogens (tertiary/aromatic N) is 1. The van der Waals surface area contributed by atoms with Gasteiger partial charge in [-0.2, -0.15) is 5.26 Å². The Hall–Kier alpha value is -0.710. The number of hydrogen-bond donors (Lipinski definition) is 3. The van der Waals surface area contributed by atoms with E-state index in [0.29, 0.717) is 0 Å². The average molecular weight is 231 g/mol. The first kappa shape index (κ1) is 13.4. The molecule has 1 heterocycles. The predicted molar refractivity (Wildman–Crippen MR) is 53.3 cm³/mol. The maximum absolute atomic E-state index is 9.78. The average Bonchev–Trinajstić information content (AvgIpc) is 2.31. The van der Waals surface area contributed by atoms with Crippen LogP contribution in [0.25, 0.3) is 0 Å². The fourth-order valence-corrected chi connectivity index (χ4v) is 1.89. The largest absolute Gasteiger partial charge is 0.394 e. The van der Waals surface area contributed by atoms with Crippen LogP contribution in [-0.4, -0.2) is 59.6 Å². The quantitative estimate of drug-likeness (QED) is 0.554. The predicted octanol–water partition coefficient (Wildman–Crippen LogP) is -1.36. The number of rotatable bonds is 3. The number of ether oxygens (including phenoxy) is 2. The Bertz CT molecular complexity index is 264. The number of hydrogen-bond acceptors (Lipinski definition) is 6. The molecular formula is C10H17NO5. The molecule has 6 nitrogen and oxygen atoms in total. The fourth-order valence-electron chi connectivity index (χ4n) is 1.89. The molecule has 1 aliphatic rings. The highest BCUT2D eigenvalue weighted by molar-refractivity contribution is 4.99. The minimum absolute atomic E-state index is 0.336. The molecule has 6 unspecified atom stereocenters. The molecule has 0 aromatic rings. The second-order valence-electron chi connectivity index (χ2n) is 3.92. The van der Waals surface area contributed by atoms with Crippen molar-refractivity contribution in [3.05, 3.63) is 0 Å². The lowest BCUT2D eigenvalue weighted by molar-refractivity contribution is -0.242. The third-order valence-corrected chi connectivity index (χ3v) is 2.87. The maximum Gasteiger partial charge on any atom is 0.114 e. The summed E-state index contributed by atoms with van der Waals surface area (Å²) in [6.45, 7) is 1.25. The number of nitriles is 1. The molecule has 6 heteroatoms. The van der Waals surface area contributed by atoms with Gasteiger partial charge in [-0.15, -0.1) is 0 Å². The standard InChI is InChI=1S/C10H17NO5/c1-5(3-11)9-7(13)8(14)10(15-2)6(4-12)16-9/h5-10,12-14H,4H2,1-2H3. The van der Waals surface area contributed by atoms with Gasteiger partial charge in [-0.3, -0.25) is 0 Å². The Balaban J connectivity index is 2.83. The molecule has 0 radical (unpaired) electrons. The summed E-state index contributed by atoms with van der Waals surface area (Å²) < 4.78 is 10.3. The Kier molecular flexibility index (Phi) is 4.65. The summed E-state index contributed by atoms with van der Waals surface area (Å²) in [6.07, 6.45) is -4.70. The molecule has 1 aliphatic heterocycles. The van der Waals surface area contributed by atoms with E-state index in [4.69, 9.17) is 19.8 Å². The smallest absolute Gasteiger partial charge is 0.114 e. The van der Waals surface area contributed by atoms with Gasteiger partial charge in [0.05, 0.1) is 18.6 Å². The van der Waals surface area contributed by atoms with E-state index < -0.39 is 36.4 Å². The van der Waals surface area contributed by atoms with Crippen molar-refractivity contribution in [3.8, 4) is 6.07 Å². The highest BCUT2D eigenvalue weighted by Gasteiger charge is 2.46. The van der Waals surface area contributed by atoms with E-state index in [1.165, 1.54) is 7.11 Å². The second kappa shape index (κ2) is 5.57. The molecule has 0 aliphatic carbocycles.